The van der Waals surface area contributed by atoms with Crippen molar-refractivity contribution < 1.29 is 4.42 Å². The van der Waals surface area contributed by atoms with Crippen molar-refractivity contribution in [1.29, 1.82) is 0 Å². The molecule has 0 amide bonds. The summed E-state index contributed by atoms with van der Waals surface area (Å²) in [5, 5.41) is 9.61. The minimum Gasteiger partial charge on any atom is -0.455 e. The van der Waals surface area contributed by atoms with Gasteiger partial charge in [0.2, 0.25) is 0 Å². The van der Waals surface area contributed by atoms with Gasteiger partial charge < -0.3 is 13.6 Å². The highest BCUT2D eigenvalue weighted by Gasteiger charge is 2.19. The number of para-hydroxylation sites is 4. The van der Waals surface area contributed by atoms with E-state index in [0.717, 1.165) is 44.1 Å². The number of hydrogen-bond acceptors (Lipinski definition) is 1. The standard InChI is InChI=1S/C46H28N2O/c1-2-12-31(13-3-1)47-41-19-8-6-15-35(41)39-28-44-40(27-43(39)47)36-16-7-9-20-42(36)48(44)32-24-21-30(22-25-32)34-17-10-18-37-38-26-23-29-11-4-5-14-33(29)46(38)49-45(34)37/h1-28H. The molecule has 0 N–H and O–H groups in total. The van der Waals surface area contributed by atoms with Gasteiger partial charge in [-0.1, -0.05) is 115 Å². The van der Waals surface area contributed by atoms with Gasteiger partial charge in [0, 0.05) is 54.6 Å². The zero-order chi connectivity index (χ0) is 32.1. The van der Waals surface area contributed by atoms with Gasteiger partial charge in [-0.2, -0.15) is 0 Å². The predicted octanol–water partition coefficient (Wildman–Crippen LogP) is 12.6. The SMILES string of the molecule is c1ccc(-n2c3ccccc3c3cc4c(cc32)c2ccccc2n4-c2ccc(-c3cccc4c3oc3c5ccccc5ccc43)cc2)cc1. The first-order valence-electron chi connectivity index (χ1n) is 16.8. The second kappa shape index (κ2) is 9.96. The van der Waals surface area contributed by atoms with Gasteiger partial charge in [-0.15, -0.1) is 0 Å². The van der Waals surface area contributed by atoms with Crippen molar-refractivity contribution in [1.82, 2.24) is 9.13 Å². The first-order chi connectivity index (χ1) is 24.3. The van der Waals surface area contributed by atoms with E-state index >= 15 is 0 Å². The van der Waals surface area contributed by atoms with Crippen LogP contribution in [0.25, 0.3) is 98.8 Å². The van der Waals surface area contributed by atoms with E-state index in [1.165, 1.54) is 54.7 Å². The molecule has 11 aromatic rings. The zero-order valence-corrected chi connectivity index (χ0v) is 26.5. The molecule has 0 atom stereocenters. The lowest BCUT2D eigenvalue weighted by Crippen LogP contribution is -1.94. The lowest BCUT2D eigenvalue weighted by Gasteiger charge is -2.10. The second-order valence-electron chi connectivity index (χ2n) is 12.9. The molecule has 0 unspecified atom stereocenters. The Morgan fingerprint density at radius 3 is 1.57 bits per heavy atom. The molecule has 3 aromatic heterocycles. The second-order valence-corrected chi connectivity index (χ2v) is 12.9. The quantitative estimate of drug-likeness (QED) is 0.192. The van der Waals surface area contributed by atoms with Crippen LogP contribution in [0.15, 0.2) is 174 Å². The fraction of sp³-hybridized carbons (Fsp3) is 0. The van der Waals surface area contributed by atoms with Crippen molar-refractivity contribution in [3.8, 4) is 22.5 Å². The molecule has 0 saturated carbocycles. The van der Waals surface area contributed by atoms with Gasteiger partial charge in [0.25, 0.3) is 0 Å². The minimum absolute atomic E-state index is 0.927. The maximum Gasteiger partial charge on any atom is 0.143 e. The largest absolute Gasteiger partial charge is 0.455 e. The van der Waals surface area contributed by atoms with E-state index in [0.29, 0.717) is 0 Å². The molecule has 0 bridgehead atoms. The van der Waals surface area contributed by atoms with E-state index in [2.05, 4.69) is 179 Å². The molecule has 8 aromatic carbocycles. The fourth-order valence-electron chi connectivity index (χ4n) is 8.11. The molecule has 49 heavy (non-hydrogen) atoms. The molecule has 0 radical (unpaired) electrons. The predicted molar refractivity (Wildman–Crippen MR) is 205 cm³/mol. The Bertz CT molecular complexity index is 3090. The van der Waals surface area contributed by atoms with Gasteiger partial charge >= 0.3 is 0 Å². The Morgan fingerprint density at radius 1 is 0.327 bits per heavy atom. The maximum atomic E-state index is 6.67. The number of benzene rings is 8. The average molecular weight is 625 g/mol. The van der Waals surface area contributed by atoms with Crippen LogP contribution in [0.1, 0.15) is 0 Å². The van der Waals surface area contributed by atoms with Crippen LogP contribution >= 0.6 is 0 Å². The Labute approximate surface area is 281 Å². The summed E-state index contributed by atoms with van der Waals surface area (Å²) in [5.74, 6) is 0. The maximum absolute atomic E-state index is 6.67. The third-order valence-electron chi connectivity index (χ3n) is 10.3. The average Bonchev–Trinajstić information content (AvgIpc) is 3.82. The van der Waals surface area contributed by atoms with Gasteiger partial charge in [0.15, 0.2) is 0 Å². The van der Waals surface area contributed by atoms with Crippen molar-refractivity contribution in [2.75, 3.05) is 0 Å². The fourth-order valence-corrected chi connectivity index (χ4v) is 8.11. The minimum atomic E-state index is 0.927. The van der Waals surface area contributed by atoms with Crippen LogP contribution < -0.4 is 0 Å². The normalized spacial score (nSPS) is 12.1. The lowest BCUT2D eigenvalue weighted by molar-refractivity contribution is 0.674. The van der Waals surface area contributed by atoms with Crippen LogP contribution in [0.4, 0.5) is 0 Å². The molecule has 0 saturated heterocycles. The van der Waals surface area contributed by atoms with E-state index in [4.69, 9.17) is 4.42 Å². The Hall–Kier alpha value is -6.58. The topological polar surface area (TPSA) is 23.0 Å². The smallest absolute Gasteiger partial charge is 0.143 e. The zero-order valence-electron chi connectivity index (χ0n) is 26.5. The Balaban J connectivity index is 1.12. The number of rotatable bonds is 3. The lowest BCUT2D eigenvalue weighted by atomic mass is 10.0. The summed E-state index contributed by atoms with van der Waals surface area (Å²) >= 11 is 0. The molecular formula is C46H28N2O. The van der Waals surface area contributed by atoms with Gasteiger partial charge in [-0.3, -0.25) is 0 Å². The number of furan rings is 1. The van der Waals surface area contributed by atoms with Gasteiger partial charge in [-0.25, -0.2) is 0 Å². The molecule has 3 heteroatoms. The molecule has 0 aliphatic heterocycles. The summed E-state index contributed by atoms with van der Waals surface area (Å²) in [6, 6.07) is 61.2. The molecule has 0 aliphatic carbocycles. The van der Waals surface area contributed by atoms with E-state index in [9.17, 15) is 0 Å². The van der Waals surface area contributed by atoms with E-state index < -0.39 is 0 Å². The summed E-state index contributed by atoms with van der Waals surface area (Å²) in [6.45, 7) is 0. The highest BCUT2D eigenvalue weighted by atomic mass is 16.3. The first-order valence-corrected chi connectivity index (χ1v) is 16.8. The molecule has 0 spiro atoms. The Kier molecular flexibility index (Phi) is 5.38. The van der Waals surface area contributed by atoms with Crippen molar-refractivity contribution in [2.24, 2.45) is 0 Å². The molecule has 228 valence electrons. The van der Waals surface area contributed by atoms with Crippen LogP contribution in [-0.2, 0) is 0 Å². The first kappa shape index (κ1) is 26.5. The summed E-state index contributed by atoms with van der Waals surface area (Å²) in [4.78, 5) is 0. The molecule has 0 aliphatic rings. The highest BCUT2D eigenvalue weighted by Crippen LogP contribution is 2.41. The van der Waals surface area contributed by atoms with Crippen LogP contribution in [0.2, 0.25) is 0 Å². The molecule has 3 nitrogen and oxygen atoms in total. The Morgan fingerprint density at radius 2 is 0.878 bits per heavy atom. The van der Waals surface area contributed by atoms with Crippen molar-refractivity contribution in [3.05, 3.63) is 170 Å². The van der Waals surface area contributed by atoms with Crippen LogP contribution in [-0.4, -0.2) is 9.13 Å². The third-order valence-corrected chi connectivity index (χ3v) is 10.3. The van der Waals surface area contributed by atoms with E-state index in [1.54, 1.807) is 0 Å². The van der Waals surface area contributed by atoms with Gasteiger partial charge in [-0.05, 0) is 65.5 Å². The molecule has 0 fully saturated rings. The van der Waals surface area contributed by atoms with Gasteiger partial charge in [0.05, 0.1) is 22.1 Å². The van der Waals surface area contributed by atoms with E-state index in [1.807, 2.05) is 0 Å². The van der Waals surface area contributed by atoms with Crippen molar-refractivity contribution in [3.63, 3.8) is 0 Å². The number of fused-ring (bicyclic) bond motifs is 11. The highest BCUT2D eigenvalue weighted by molar-refractivity contribution is 6.19. The molecular weight excluding hydrogens is 597 g/mol. The number of aromatic nitrogens is 2. The van der Waals surface area contributed by atoms with Crippen molar-refractivity contribution >= 4 is 76.3 Å². The third kappa shape index (κ3) is 3.73. The monoisotopic (exact) mass is 624 g/mol. The summed E-state index contributed by atoms with van der Waals surface area (Å²) in [7, 11) is 0. The van der Waals surface area contributed by atoms with Crippen LogP contribution in [0, 0.1) is 0 Å². The van der Waals surface area contributed by atoms with E-state index in [-0.39, 0.29) is 0 Å². The summed E-state index contributed by atoms with van der Waals surface area (Å²) in [6.07, 6.45) is 0. The summed E-state index contributed by atoms with van der Waals surface area (Å²) in [5.41, 5.74) is 11.2. The molecule has 3 heterocycles. The molecule has 11 rings (SSSR count). The number of hydrogen-bond donors (Lipinski definition) is 0. The van der Waals surface area contributed by atoms with Crippen molar-refractivity contribution in [2.45, 2.75) is 0 Å². The van der Waals surface area contributed by atoms with Gasteiger partial charge in [0.1, 0.15) is 11.2 Å². The number of nitrogens with zero attached hydrogens (tertiary/aromatic N) is 2. The van der Waals surface area contributed by atoms with Crippen LogP contribution in [0.5, 0.6) is 0 Å². The van der Waals surface area contributed by atoms with Crippen LogP contribution in [0.3, 0.4) is 0 Å². The summed E-state index contributed by atoms with van der Waals surface area (Å²) < 4.78 is 11.5.